The fraction of sp³-hybridized carbons (Fsp3) is 0.385. The molecule has 3 N–H and O–H groups in total. The van der Waals surface area contributed by atoms with Crippen LogP contribution in [0.4, 0.5) is 0 Å². The third-order valence-electron chi connectivity index (χ3n) is 2.55. The van der Waals surface area contributed by atoms with Gasteiger partial charge in [-0.05, 0) is 24.1 Å². The summed E-state index contributed by atoms with van der Waals surface area (Å²) in [5.41, 5.74) is 0.952. The molecule has 0 spiro atoms. The highest BCUT2D eigenvalue weighted by Gasteiger charge is 2.13. The lowest BCUT2D eigenvalue weighted by Crippen LogP contribution is -2.36. The van der Waals surface area contributed by atoms with Crippen LogP contribution >= 0.6 is 0 Å². The summed E-state index contributed by atoms with van der Waals surface area (Å²) in [6.07, 6.45) is -0.827. The second-order valence-electron chi connectivity index (χ2n) is 4.01. The van der Waals surface area contributed by atoms with E-state index in [4.69, 9.17) is 14.9 Å². The zero-order valence-corrected chi connectivity index (χ0v) is 10.6. The fourth-order valence-electron chi connectivity index (χ4n) is 1.47. The zero-order valence-electron chi connectivity index (χ0n) is 10.6. The molecule has 1 aromatic carbocycles. The predicted octanol–water partition coefficient (Wildman–Crippen LogP) is 0.189. The van der Waals surface area contributed by atoms with E-state index in [1.807, 2.05) is 24.3 Å². The number of carbonyl (C=O) groups excluding carboxylic acids is 1. The molecule has 0 unspecified atom stereocenters. The molecule has 1 rings (SSSR count). The Labute approximate surface area is 111 Å². The van der Waals surface area contributed by atoms with E-state index in [-0.39, 0.29) is 18.9 Å². The van der Waals surface area contributed by atoms with Crippen LogP contribution in [0.3, 0.4) is 0 Å². The Kier molecular flexibility index (Phi) is 5.81. The van der Waals surface area contributed by atoms with Crippen molar-refractivity contribution >= 4 is 11.9 Å². The molecule has 0 aliphatic rings. The maximum absolute atomic E-state index is 11.5. The average Bonchev–Trinajstić information content (AvgIpc) is 2.42. The summed E-state index contributed by atoms with van der Waals surface area (Å²) in [4.78, 5) is 21.8. The number of methoxy groups -OCH3 is 1. The van der Waals surface area contributed by atoms with Crippen LogP contribution in [0.15, 0.2) is 24.3 Å². The second kappa shape index (κ2) is 7.38. The summed E-state index contributed by atoms with van der Waals surface area (Å²) < 4.78 is 5.07. The van der Waals surface area contributed by atoms with Crippen LogP contribution in [-0.2, 0) is 16.0 Å². The fourth-order valence-corrected chi connectivity index (χ4v) is 1.47. The van der Waals surface area contributed by atoms with Gasteiger partial charge in [0.25, 0.3) is 0 Å². The Balaban J connectivity index is 2.35. The minimum absolute atomic E-state index is 0.222. The first kappa shape index (κ1) is 15.0. The lowest BCUT2D eigenvalue weighted by Gasteiger charge is -2.08. The summed E-state index contributed by atoms with van der Waals surface area (Å²) in [6, 6.07) is 7.36. The molecule has 1 atom stereocenters. The molecule has 6 nitrogen and oxygen atoms in total. The molecule has 0 fully saturated rings. The van der Waals surface area contributed by atoms with Crippen molar-refractivity contribution in [1.82, 2.24) is 5.32 Å². The molecule has 1 aromatic rings. The number of carbonyl (C=O) groups is 2. The summed E-state index contributed by atoms with van der Waals surface area (Å²) in [5.74, 6) is -0.935. The normalized spacial score (nSPS) is 11.7. The van der Waals surface area contributed by atoms with Gasteiger partial charge in [-0.15, -0.1) is 0 Å². The predicted molar refractivity (Wildman–Crippen MR) is 68.0 cm³/mol. The Hall–Kier alpha value is -2.08. The van der Waals surface area contributed by atoms with E-state index in [0.717, 1.165) is 11.3 Å². The molecular formula is C13H17NO5. The van der Waals surface area contributed by atoms with Gasteiger partial charge in [-0.1, -0.05) is 12.1 Å². The van der Waals surface area contributed by atoms with Gasteiger partial charge < -0.3 is 20.3 Å². The van der Waals surface area contributed by atoms with Gasteiger partial charge in [0.05, 0.1) is 13.7 Å². The molecule has 0 saturated heterocycles. The first-order chi connectivity index (χ1) is 9.02. The van der Waals surface area contributed by atoms with Crippen LogP contribution in [0.5, 0.6) is 5.75 Å². The number of rotatable bonds is 7. The van der Waals surface area contributed by atoms with Crippen molar-refractivity contribution in [3.63, 3.8) is 0 Å². The van der Waals surface area contributed by atoms with E-state index in [2.05, 4.69) is 5.32 Å². The van der Waals surface area contributed by atoms with Crippen molar-refractivity contribution in [2.24, 2.45) is 0 Å². The Morgan fingerprint density at radius 3 is 2.79 bits per heavy atom. The lowest BCUT2D eigenvalue weighted by atomic mass is 10.1. The van der Waals surface area contributed by atoms with Crippen LogP contribution in [0.1, 0.15) is 12.0 Å². The van der Waals surface area contributed by atoms with Gasteiger partial charge in [-0.2, -0.15) is 0 Å². The van der Waals surface area contributed by atoms with E-state index in [1.54, 1.807) is 7.11 Å². The van der Waals surface area contributed by atoms with Crippen molar-refractivity contribution < 1.29 is 24.5 Å². The quantitative estimate of drug-likeness (QED) is 0.655. The molecule has 6 heteroatoms. The summed E-state index contributed by atoms with van der Waals surface area (Å²) >= 11 is 0. The monoisotopic (exact) mass is 267 g/mol. The van der Waals surface area contributed by atoms with Crippen LogP contribution in [0, 0.1) is 0 Å². The van der Waals surface area contributed by atoms with Gasteiger partial charge in [0.1, 0.15) is 5.75 Å². The molecule has 0 aliphatic heterocycles. The molecule has 0 radical (unpaired) electrons. The summed E-state index contributed by atoms with van der Waals surface area (Å²) in [5, 5.41) is 19.8. The Morgan fingerprint density at radius 1 is 1.42 bits per heavy atom. The molecule has 0 saturated carbocycles. The van der Waals surface area contributed by atoms with Gasteiger partial charge >= 0.3 is 5.97 Å². The molecular weight excluding hydrogens is 250 g/mol. The number of aliphatic hydroxyl groups is 1. The molecule has 0 aromatic heterocycles. The van der Waals surface area contributed by atoms with Gasteiger partial charge in [0, 0.05) is 6.42 Å². The van der Waals surface area contributed by atoms with Crippen molar-refractivity contribution in [2.45, 2.75) is 18.9 Å². The third-order valence-corrected chi connectivity index (χ3v) is 2.55. The maximum Gasteiger partial charge on any atom is 0.334 e. The number of ether oxygens (including phenoxy) is 1. The number of aliphatic hydroxyl groups excluding tert-OH is 1. The minimum atomic E-state index is -1.57. The Bertz CT molecular complexity index is 446. The van der Waals surface area contributed by atoms with Crippen molar-refractivity contribution in [2.75, 3.05) is 13.7 Å². The average molecular weight is 267 g/mol. The number of benzene rings is 1. The number of carboxylic acids is 1. The highest BCUT2D eigenvalue weighted by atomic mass is 16.5. The largest absolute Gasteiger partial charge is 0.497 e. The molecule has 19 heavy (non-hydrogen) atoms. The van der Waals surface area contributed by atoms with Crippen LogP contribution in [0.2, 0.25) is 0 Å². The van der Waals surface area contributed by atoms with Crippen LogP contribution < -0.4 is 10.1 Å². The smallest absolute Gasteiger partial charge is 0.334 e. The number of hydrogen-bond donors (Lipinski definition) is 3. The number of nitrogens with one attached hydrogen (secondary N) is 1. The van der Waals surface area contributed by atoms with Crippen molar-refractivity contribution in [1.29, 1.82) is 0 Å². The second-order valence-corrected chi connectivity index (χ2v) is 4.01. The Morgan fingerprint density at radius 2 is 2.16 bits per heavy atom. The van der Waals surface area contributed by atoms with E-state index >= 15 is 0 Å². The molecule has 0 heterocycles. The summed E-state index contributed by atoms with van der Waals surface area (Å²) in [7, 11) is 1.57. The van der Waals surface area contributed by atoms with Crippen molar-refractivity contribution in [3.8, 4) is 5.75 Å². The van der Waals surface area contributed by atoms with Crippen molar-refractivity contribution in [3.05, 3.63) is 29.8 Å². The number of hydrogen-bond acceptors (Lipinski definition) is 4. The highest BCUT2D eigenvalue weighted by molar-refractivity contribution is 5.78. The third kappa shape index (κ3) is 5.39. The SMILES string of the molecule is COc1cccc(CCC(=O)NC[C@H](O)C(=O)O)c1. The van der Waals surface area contributed by atoms with E-state index in [0.29, 0.717) is 6.42 Å². The zero-order chi connectivity index (χ0) is 14.3. The molecule has 1 amide bonds. The topological polar surface area (TPSA) is 95.9 Å². The minimum Gasteiger partial charge on any atom is -0.497 e. The van der Waals surface area contributed by atoms with E-state index in [9.17, 15) is 9.59 Å². The van der Waals surface area contributed by atoms with Gasteiger partial charge in [0.15, 0.2) is 6.10 Å². The van der Waals surface area contributed by atoms with E-state index < -0.39 is 12.1 Å². The number of aliphatic carboxylic acids is 1. The van der Waals surface area contributed by atoms with Crippen LogP contribution in [0.25, 0.3) is 0 Å². The van der Waals surface area contributed by atoms with Gasteiger partial charge in [-0.3, -0.25) is 4.79 Å². The molecule has 0 bridgehead atoms. The lowest BCUT2D eigenvalue weighted by molar-refractivity contribution is -0.146. The molecule has 104 valence electrons. The van der Waals surface area contributed by atoms with Crippen LogP contribution in [-0.4, -0.2) is 41.8 Å². The summed E-state index contributed by atoms with van der Waals surface area (Å²) in [6.45, 7) is -0.285. The van der Waals surface area contributed by atoms with E-state index in [1.165, 1.54) is 0 Å². The standard InChI is InChI=1S/C13H17NO5/c1-19-10-4-2-3-9(7-10)5-6-12(16)14-8-11(15)13(17)18/h2-4,7,11,15H,5-6,8H2,1H3,(H,14,16)(H,17,18)/t11-/m0/s1. The number of carboxylic acid groups (broad SMARTS) is 1. The maximum atomic E-state index is 11.5. The number of amides is 1. The number of aryl methyl sites for hydroxylation is 1. The van der Waals surface area contributed by atoms with Gasteiger partial charge in [-0.25, -0.2) is 4.79 Å². The molecule has 0 aliphatic carbocycles. The van der Waals surface area contributed by atoms with Gasteiger partial charge in [0.2, 0.25) is 5.91 Å². The first-order valence-electron chi connectivity index (χ1n) is 5.83. The highest BCUT2D eigenvalue weighted by Crippen LogP contribution is 2.13. The first-order valence-corrected chi connectivity index (χ1v) is 5.83.